The first kappa shape index (κ1) is 18.4. The van der Waals surface area contributed by atoms with E-state index in [1.165, 1.54) is 0 Å². The SMILES string of the molecule is O=C(OCc1cc2c(cc1Cl)OCO2)c1[nH]c2ccc(O)cc2c1-c1ccccc1. The van der Waals surface area contributed by atoms with E-state index in [9.17, 15) is 9.90 Å². The highest BCUT2D eigenvalue weighted by Crippen LogP contribution is 2.38. The molecule has 0 amide bonds. The van der Waals surface area contributed by atoms with Crippen LogP contribution in [0, 0.1) is 0 Å². The molecule has 150 valence electrons. The minimum Gasteiger partial charge on any atom is -0.508 e. The van der Waals surface area contributed by atoms with E-state index in [0.29, 0.717) is 33.3 Å². The molecule has 0 unspecified atom stereocenters. The number of aromatic amines is 1. The van der Waals surface area contributed by atoms with E-state index in [1.807, 2.05) is 30.3 Å². The van der Waals surface area contributed by atoms with Gasteiger partial charge in [0.15, 0.2) is 11.5 Å². The molecule has 2 heterocycles. The quantitative estimate of drug-likeness (QED) is 0.438. The number of ether oxygens (including phenoxy) is 3. The Morgan fingerprint density at radius 2 is 1.83 bits per heavy atom. The zero-order valence-corrected chi connectivity index (χ0v) is 16.4. The maximum atomic E-state index is 13.0. The first-order valence-electron chi connectivity index (χ1n) is 9.25. The van der Waals surface area contributed by atoms with Crippen LogP contribution in [0.3, 0.4) is 0 Å². The number of aromatic hydroxyl groups is 1. The number of carbonyl (C=O) groups is 1. The van der Waals surface area contributed by atoms with Crippen LogP contribution in [-0.2, 0) is 11.3 Å². The fourth-order valence-electron chi connectivity index (χ4n) is 3.52. The van der Waals surface area contributed by atoms with E-state index in [2.05, 4.69) is 4.98 Å². The number of esters is 1. The largest absolute Gasteiger partial charge is 0.508 e. The van der Waals surface area contributed by atoms with E-state index in [0.717, 1.165) is 16.5 Å². The third-order valence-corrected chi connectivity index (χ3v) is 5.30. The van der Waals surface area contributed by atoms with Crippen molar-refractivity contribution in [1.82, 2.24) is 4.98 Å². The molecule has 0 saturated heterocycles. The van der Waals surface area contributed by atoms with Gasteiger partial charge in [-0.15, -0.1) is 0 Å². The number of phenolic OH excluding ortho intramolecular Hbond substituents is 1. The van der Waals surface area contributed by atoms with Crippen LogP contribution in [0.25, 0.3) is 22.0 Å². The van der Waals surface area contributed by atoms with Crippen molar-refractivity contribution in [2.24, 2.45) is 0 Å². The Hall–Kier alpha value is -3.64. The van der Waals surface area contributed by atoms with Gasteiger partial charge in [0.05, 0.1) is 5.02 Å². The van der Waals surface area contributed by atoms with E-state index in [1.54, 1.807) is 30.3 Å². The number of H-pyrrole nitrogens is 1. The van der Waals surface area contributed by atoms with Crippen molar-refractivity contribution in [2.75, 3.05) is 6.79 Å². The molecule has 30 heavy (non-hydrogen) atoms. The first-order chi connectivity index (χ1) is 14.6. The monoisotopic (exact) mass is 421 g/mol. The highest BCUT2D eigenvalue weighted by molar-refractivity contribution is 6.31. The minimum absolute atomic E-state index is 0.0247. The molecule has 0 radical (unpaired) electrons. The highest BCUT2D eigenvalue weighted by Gasteiger charge is 2.22. The molecule has 7 heteroatoms. The summed E-state index contributed by atoms with van der Waals surface area (Å²) in [6.07, 6.45) is 0. The van der Waals surface area contributed by atoms with Gasteiger partial charge in [-0.05, 0) is 29.8 Å². The molecule has 3 aromatic carbocycles. The van der Waals surface area contributed by atoms with Crippen molar-refractivity contribution in [1.29, 1.82) is 0 Å². The summed E-state index contributed by atoms with van der Waals surface area (Å²) in [6, 6.07) is 17.7. The van der Waals surface area contributed by atoms with Gasteiger partial charge in [0.2, 0.25) is 6.79 Å². The molecule has 6 nitrogen and oxygen atoms in total. The first-order valence-corrected chi connectivity index (χ1v) is 9.63. The summed E-state index contributed by atoms with van der Waals surface area (Å²) in [5.41, 5.74) is 3.15. The predicted octanol–water partition coefficient (Wildman–Crippen LogP) is 5.28. The van der Waals surface area contributed by atoms with Gasteiger partial charge in [0.25, 0.3) is 0 Å². The van der Waals surface area contributed by atoms with Crippen molar-refractivity contribution in [3.05, 3.63) is 76.9 Å². The summed E-state index contributed by atoms with van der Waals surface area (Å²) in [6.45, 7) is 0.112. The predicted molar refractivity (Wildman–Crippen MR) is 112 cm³/mol. The van der Waals surface area contributed by atoms with Gasteiger partial charge in [0, 0.05) is 28.1 Å². The lowest BCUT2D eigenvalue weighted by molar-refractivity contribution is 0.0467. The molecule has 1 aliphatic rings. The number of carbonyl (C=O) groups excluding carboxylic acids is 1. The standard InChI is InChI=1S/C23H16ClNO5/c24-17-10-20-19(29-12-30-20)8-14(17)11-28-23(27)22-21(13-4-2-1-3-5-13)16-9-15(26)6-7-18(16)25-22/h1-10,25-26H,11-12H2. The molecule has 0 spiro atoms. The Balaban J connectivity index is 1.49. The Morgan fingerprint density at radius 1 is 1.07 bits per heavy atom. The molecule has 0 bridgehead atoms. The normalized spacial score (nSPS) is 12.3. The second-order valence-corrected chi connectivity index (χ2v) is 7.25. The van der Waals surface area contributed by atoms with Gasteiger partial charge in [-0.2, -0.15) is 0 Å². The lowest BCUT2D eigenvalue weighted by atomic mass is 10.0. The van der Waals surface area contributed by atoms with Gasteiger partial charge in [0.1, 0.15) is 18.1 Å². The average Bonchev–Trinajstić information content (AvgIpc) is 3.36. The Kier molecular flexibility index (Phi) is 4.48. The van der Waals surface area contributed by atoms with Crippen LogP contribution in [0.4, 0.5) is 0 Å². The zero-order chi connectivity index (χ0) is 20.7. The van der Waals surface area contributed by atoms with Crippen LogP contribution in [0.15, 0.2) is 60.7 Å². The number of hydrogen-bond donors (Lipinski definition) is 2. The van der Waals surface area contributed by atoms with Gasteiger partial charge in [-0.1, -0.05) is 41.9 Å². The van der Waals surface area contributed by atoms with Crippen LogP contribution in [0.2, 0.25) is 5.02 Å². The highest BCUT2D eigenvalue weighted by atomic mass is 35.5. The topological polar surface area (TPSA) is 80.8 Å². The number of hydrogen-bond acceptors (Lipinski definition) is 5. The summed E-state index contributed by atoms with van der Waals surface area (Å²) < 4.78 is 16.2. The maximum Gasteiger partial charge on any atom is 0.355 e. The molecule has 0 aliphatic carbocycles. The molecule has 1 aliphatic heterocycles. The second-order valence-electron chi connectivity index (χ2n) is 6.84. The van der Waals surface area contributed by atoms with Gasteiger partial charge < -0.3 is 24.3 Å². The fraction of sp³-hybridized carbons (Fsp3) is 0.0870. The molecule has 5 rings (SSSR count). The number of fused-ring (bicyclic) bond motifs is 2. The number of halogens is 1. The van der Waals surface area contributed by atoms with Gasteiger partial charge in [-0.3, -0.25) is 0 Å². The second kappa shape index (κ2) is 7.31. The number of phenols is 1. The van der Waals surface area contributed by atoms with Crippen LogP contribution < -0.4 is 9.47 Å². The van der Waals surface area contributed by atoms with E-state index in [-0.39, 0.29) is 19.1 Å². The third kappa shape index (κ3) is 3.21. The van der Waals surface area contributed by atoms with Crippen LogP contribution in [-0.4, -0.2) is 22.9 Å². The summed E-state index contributed by atoms with van der Waals surface area (Å²) in [7, 11) is 0. The van der Waals surface area contributed by atoms with E-state index < -0.39 is 5.97 Å². The van der Waals surface area contributed by atoms with Crippen molar-refractivity contribution < 1.29 is 24.1 Å². The summed E-state index contributed by atoms with van der Waals surface area (Å²) >= 11 is 6.28. The smallest absolute Gasteiger partial charge is 0.355 e. The van der Waals surface area contributed by atoms with E-state index in [4.69, 9.17) is 25.8 Å². The number of rotatable bonds is 4. The Bertz CT molecular complexity index is 1270. The summed E-state index contributed by atoms with van der Waals surface area (Å²) in [4.78, 5) is 16.1. The van der Waals surface area contributed by atoms with Crippen molar-refractivity contribution in [3.63, 3.8) is 0 Å². The maximum absolute atomic E-state index is 13.0. The summed E-state index contributed by atoms with van der Waals surface area (Å²) in [5, 5.41) is 11.1. The molecule has 4 aromatic rings. The Labute approximate surface area is 176 Å². The Morgan fingerprint density at radius 3 is 2.63 bits per heavy atom. The third-order valence-electron chi connectivity index (χ3n) is 4.95. The van der Waals surface area contributed by atoms with Crippen LogP contribution >= 0.6 is 11.6 Å². The van der Waals surface area contributed by atoms with Crippen LogP contribution in [0.5, 0.6) is 17.2 Å². The average molecular weight is 422 g/mol. The molecule has 0 atom stereocenters. The molecule has 0 fully saturated rings. The summed E-state index contributed by atoms with van der Waals surface area (Å²) in [5.74, 6) is 0.720. The van der Waals surface area contributed by atoms with Crippen molar-refractivity contribution >= 4 is 28.5 Å². The molecule has 2 N–H and O–H groups in total. The molecule has 1 aromatic heterocycles. The van der Waals surface area contributed by atoms with Gasteiger partial charge >= 0.3 is 5.97 Å². The molecule has 0 saturated carbocycles. The zero-order valence-electron chi connectivity index (χ0n) is 15.6. The lowest BCUT2D eigenvalue weighted by Crippen LogP contribution is -2.07. The lowest BCUT2D eigenvalue weighted by Gasteiger charge is -2.09. The number of aromatic nitrogens is 1. The van der Waals surface area contributed by atoms with Crippen molar-refractivity contribution in [3.8, 4) is 28.4 Å². The van der Waals surface area contributed by atoms with Gasteiger partial charge in [-0.25, -0.2) is 4.79 Å². The molecular formula is C23H16ClNO5. The fourth-order valence-corrected chi connectivity index (χ4v) is 3.73. The number of nitrogens with one attached hydrogen (secondary N) is 1. The number of benzene rings is 3. The van der Waals surface area contributed by atoms with Crippen LogP contribution in [0.1, 0.15) is 16.1 Å². The minimum atomic E-state index is -0.529. The van der Waals surface area contributed by atoms with Crippen molar-refractivity contribution in [2.45, 2.75) is 6.61 Å². The van der Waals surface area contributed by atoms with E-state index >= 15 is 0 Å². The molecular weight excluding hydrogens is 406 g/mol.